The fourth-order valence-electron chi connectivity index (χ4n) is 3.62. The molecule has 32 heavy (non-hydrogen) atoms. The molecule has 0 atom stereocenters. The molecule has 2 aromatic carbocycles. The number of carbonyl (C=O) groups is 2. The Morgan fingerprint density at radius 1 is 1.00 bits per heavy atom. The van der Waals surface area contributed by atoms with Crippen molar-refractivity contribution in [2.75, 3.05) is 19.1 Å². The summed E-state index contributed by atoms with van der Waals surface area (Å²) in [6.45, 7) is 3.91. The van der Waals surface area contributed by atoms with Gasteiger partial charge in [0.15, 0.2) is 5.58 Å². The van der Waals surface area contributed by atoms with E-state index in [4.69, 9.17) is 13.9 Å². The average Bonchev–Trinajstić information content (AvgIpc) is 3.08. The summed E-state index contributed by atoms with van der Waals surface area (Å²) in [5.74, 6) is -0.833. The van der Waals surface area contributed by atoms with Crippen molar-refractivity contribution < 1.29 is 23.5 Å². The summed E-state index contributed by atoms with van der Waals surface area (Å²) < 4.78 is 15.9. The molecule has 4 rings (SSSR count). The van der Waals surface area contributed by atoms with Gasteiger partial charge in [0.2, 0.25) is 5.89 Å². The van der Waals surface area contributed by atoms with Crippen molar-refractivity contribution in [3.8, 4) is 11.5 Å². The lowest BCUT2D eigenvalue weighted by molar-refractivity contribution is -0.139. The molecule has 0 saturated heterocycles. The largest absolute Gasteiger partial charge is 0.465 e. The Morgan fingerprint density at radius 3 is 2.53 bits per heavy atom. The lowest BCUT2D eigenvalue weighted by atomic mass is 10.0. The number of oxazole rings is 1. The van der Waals surface area contributed by atoms with Crippen LogP contribution in [0.5, 0.6) is 0 Å². The van der Waals surface area contributed by atoms with Crippen LogP contribution in [0.25, 0.3) is 22.6 Å². The lowest BCUT2D eigenvalue weighted by Crippen LogP contribution is -2.27. The predicted molar refractivity (Wildman–Crippen MR) is 121 cm³/mol. The number of fused-ring (bicyclic) bond motifs is 1. The fourth-order valence-corrected chi connectivity index (χ4v) is 3.62. The molecule has 0 fully saturated rings. The number of nitrogens with zero attached hydrogens (tertiary/aromatic N) is 2. The van der Waals surface area contributed by atoms with Gasteiger partial charge in [0, 0.05) is 17.5 Å². The standard InChI is InChI=1S/C25H22N2O5/c1-15-11-12-21-19(14-15)26-23(32-21)17-9-7-10-20(16(17)2)27-13-6-5-8-18(24(28)30-3)22(27)25(29)31-4/h5-14H,1-4H3. The molecule has 7 heteroatoms. The van der Waals surface area contributed by atoms with Gasteiger partial charge in [0.05, 0.1) is 19.8 Å². The summed E-state index contributed by atoms with van der Waals surface area (Å²) in [4.78, 5) is 31.4. The summed E-state index contributed by atoms with van der Waals surface area (Å²) in [6, 6.07) is 11.4. The normalized spacial score (nSPS) is 13.4. The van der Waals surface area contributed by atoms with Gasteiger partial charge in [-0.2, -0.15) is 0 Å². The van der Waals surface area contributed by atoms with Crippen LogP contribution in [0.4, 0.5) is 5.69 Å². The van der Waals surface area contributed by atoms with E-state index in [-0.39, 0.29) is 11.3 Å². The van der Waals surface area contributed by atoms with Gasteiger partial charge >= 0.3 is 11.9 Å². The Labute approximate surface area is 185 Å². The minimum Gasteiger partial charge on any atom is -0.465 e. The third kappa shape index (κ3) is 3.69. The molecule has 0 radical (unpaired) electrons. The lowest BCUT2D eigenvalue weighted by Gasteiger charge is -2.25. The third-order valence-electron chi connectivity index (χ3n) is 5.23. The number of ether oxygens (including phenoxy) is 2. The van der Waals surface area contributed by atoms with E-state index < -0.39 is 11.9 Å². The van der Waals surface area contributed by atoms with E-state index in [1.807, 2.05) is 50.2 Å². The maximum atomic E-state index is 12.7. The van der Waals surface area contributed by atoms with Crippen LogP contribution in [0.2, 0.25) is 0 Å². The van der Waals surface area contributed by atoms with Crippen molar-refractivity contribution in [2.45, 2.75) is 13.8 Å². The van der Waals surface area contributed by atoms with Crippen molar-refractivity contribution in [3.63, 3.8) is 0 Å². The van der Waals surface area contributed by atoms with E-state index in [1.54, 1.807) is 23.3 Å². The number of aromatic nitrogens is 1. The van der Waals surface area contributed by atoms with E-state index >= 15 is 0 Å². The van der Waals surface area contributed by atoms with Crippen molar-refractivity contribution in [1.29, 1.82) is 0 Å². The van der Waals surface area contributed by atoms with Crippen LogP contribution in [0.3, 0.4) is 0 Å². The second-order valence-corrected chi connectivity index (χ2v) is 7.26. The second-order valence-electron chi connectivity index (χ2n) is 7.26. The molecule has 0 N–H and O–H groups in total. The van der Waals surface area contributed by atoms with Crippen LogP contribution >= 0.6 is 0 Å². The summed E-state index contributed by atoms with van der Waals surface area (Å²) in [5.41, 5.74) is 4.95. The molecule has 0 saturated carbocycles. The van der Waals surface area contributed by atoms with Crippen LogP contribution < -0.4 is 4.90 Å². The van der Waals surface area contributed by atoms with E-state index in [0.29, 0.717) is 17.2 Å². The highest BCUT2D eigenvalue weighted by Crippen LogP contribution is 2.35. The first kappa shape index (κ1) is 21.1. The first-order valence-electron chi connectivity index (χ1n) is 9.96. The second kappa shape index (κ2) is 8.55. The van der Waals surface area contributed by atoms with E-state index in [9.17, 15) is 9.59 Å². The molecule has 162 valence electrons. The highest BCUT2D eigenvalue weighted by atomic mass is 16.5. The van der Waals surface area contributed by atoms with Crippen molar-refractivity contribution in [3.05, 3.63) is 83.2 Å². The molecule has 0 aliphatic carbocycles. The van der Waals surface area contributed by atoms with Crippen LogP contribution in [0, 0.1) is 13.8 Å². The van der Waals surface area contributed by atoms with Gasteiger partial charge < -0.3 is 18.8 Å². The minimum absolute atomic E-state index is 0.0535. The molecule has 1 aliphatic heterocycles. The minimum atomic E-state index is -0.663. The van der Waals surface area contributed by atoms with Gasteiger partial charge in [0.1, 0.15) is 11.2 Å². The summed E-state index contributed by atoms with van der Waals surface area (Å²) in [6.07, 6.45) is 6.61. The molecule has 1 aromatic heterocycles. The van der Waals surface area contributed by atoms with Gasteiger partial charge in [-0.05, 0) is 61.4 Å². The Kier molecular flexibility index (Phi) is 5.64. The average molecular weight is 430 g/mol. The molecule has 0 unspecified atom stereocenters. The van der Waals surface area contributed by atoms with Crippen molar-refractivity contribution >= 4 is 28.7 Å². The van der Waals surface area contributed by atoms with Crippen molar-refractivity contribution in [1.82, 2.24) is 4.98 Å². The van der Waals surface area contributed by atoms with Crippen LogP contribution in [-0.4, -0.2) is 31.1 Å². The zero-order chi connectivity index (χ0) is 22.8. The molecule has 2 heterocycles. The maximum Gasteiger partial charge on any atom is 0.355 e. The van der Waals surface area contributed by atoms with Gasteiger partial charge in [-0.3, -0.25) is 0 Å². The summed E-state index contributed by atoms with van der Waals surface area (Å²) in [5, 5.41) is 0. The SMILES string of the molecule is COC(=O)C1=C(C(=O)OC)N(c2cccc(-c3nc4cc(C)ccc4o3)c2C)C=CC=C1. The summed E-state index contributed by atoms with van der Waals surface area (Å²) >= 11 is 0. The van der Waals surface area contributed by atoms with Gasteiger partial charge in [-0.15, -0.1) is 0 Å². The molecular formula is C25H22N2O5. The fraction of sp³-hybridized carbons (Fsp3) is 0.160. The molecular weight excluding hydrogens is 408 g/mol. The highest BCUT2D eigenvalue weighted by molar-refractivity contribution is 6.05. The van der Waals surface area contributed by atoms with Gasteiger partial charge in [-0.1, -0.05) is 18.2 Å². The Balaban J connectivity index is 1.88. The number of methoxy groups -OCH3 is 2. The zero-order valence-electron chi connectivity index (χ0n) is 18.2. The first-order chi connectivity index (χ1) is 15.4. The van der Waals surface area contributed by atoms with Crippen LogP contribution in [0.15, 0.2) is 76.5 Å². The summed E-state index contributed by atoms with van der Waals surface area (Å²) in [7, 11) is 2.53. The number of hydrogen-bond acceptors (Lipinski definition) is 7. The number of benzene rings is 2. The van der Waals surface area contributed by atoms with Crippen molar-refractivity contribution in [2.24, 2.45) is 0 Å². The third-order valence-corrected chi connectivity index (χ3v) is 5.23. The smallest absolute Gasteiger partial charge is 0.355 e. The molecule has 1 aliphatic rings. The number of rotatable bonds is 4. The molecule has 0 amide bonds. The van der Waals surface area contributed by atoms with E-state index in [0.717, 1.165) is 22.2 Å². The topological polar surface area (TPSA) is 81.9 Å². The Morgan fingerprint density at radius 2 is 1.78 bits per heavy atom. The number of esters is 2. The highest BCUT2D eigenvalue weighted by Gasteiger charge is 2.29. The molecule has 7 nitrogen and oxygen atoms in total. The number of aryl methyl sites for hydroxylation is 1. The monoisotopic (exact) mass is 430 g/mol. The Bertz CT molecular complexity index is 1310. The van der Waals surface area contributed by atoms with Gasteiger partial charge in [0.25, 0.3) is 0 Å². The van der Waals surface area contributed by atoms with Crippen LogP contribution in [0.1, 0.15) is 11.1 Å². The number of anilines is 1. The van der Waals surface area contributed by atoms with E-state index in [1.165, 1.54) is 20.3 Å². The quantitative estimate of drug-likeness (QED) is 0.560. The first-order valence-corrected chi connectivity index (χ1v) is 9.96. The Hall–Kier alpha value is -4.13. The van der Waals surface area contributed by atoms with E-state index in [2.05, 4.69) is 4.98 Å². The van der Waals surface area contributed by atoms with Gasteiger partial charge in [-0.25, -0.2) is 14.6 Å². The number of hydrogen-bond donors (Lipinski definition) is 0. The molecule has 0 bridgehead atoms. The zero-order valence-corrected chi connectivity index (χ0v) is 18.2. The molecule has 0 spiro atoms. The van der Waals surface area contributed by atoms with Crippen LogP contribution in [-0.2, 0) is 19.1 Å². The number of allylic oxidation sites excluding steroid dienone is 2. The predicted octanol–water partition coefficient (Wildman–Crippen LogP) is 4.60. The number of carbonyl (C=O) groups excluding carboxylic acids is 2. The molecule has 3 aromatic rings. The maximum absolute atomic E-state index is 12.7.